The molecule has 0 saturated heterocycles. The van der Waals surface area contributed by atoms with E-state index in [-0.39, 0.29) is 0 Å². The van der Waals surface area contributed by atoms with Gasteiger partial charge in [-0.2, -0.15) is 0 Å². The molecule has 100 valence electrons. The highest BCUT2D eigenvalue weighted by Gasteiger charge is 2.14. The van der Waals surface area contributed by atoms with Crippen LogP contribution in [-0.2, 0) is 0 Å². The standard InChI is InChI=1S/C13H28N4/c1-3-11(4-2)10-15-13(17-14)16-12-8-6-5-7-9-12/h11-12H,3-10,14H2,1-2H3,(H2,15,16,17). The van der Waals surface area contributed by atoms with Crippen LogP contribution in [0.25, 0.3) is 0 Å². The molecule has 4 N–H and O–H groups in total. The molecule has 1 aliphatic carbocycles. The Bertz CT molecular complexity index is 217. The number of hydrogen-bond donors (Lipinski definition) is 3. The lowest BCUT2D eigenvalue weighted by atomic mass is 9.96. The van der Waals surface area contributed by atoms with Gasteiger partial charge in [0.05, 0.1) is 0 Å². The Morgan fingerprint density at radius 2 is 1.88 bits per heavy atom. The van der Waals surface area contributed by atoms with E-state index in [0.717, 1.165) is 12.5 Å². The Balaban J connectivity index is 2.37. The molecule has 0 aliphatic heterocycles. The summed E-state index contributed by atoms with van der Waals surface area (Å²) in [5.41, 5.74) is 2.69. The molecular weight excluding hydrogens is 212 g/mol. The van der Waals surface area contributed by atoms with Crippen molar-refractivity contribution >= 4 is 5.96 Å². The topological polar surface area (TPSA) is 62.4 Å². The number of aliphatic imine (C=N–C) groups is 1. The van der Waals surface area contributed by atoms with Crippen LogP contribution in [0.1, 0.15) is 58.8 Å². The third-order valence-electron chi connectivity index (χ3n) is 3.75. The molecule has 0 bridgehead atoms. The molecule has 1 saturated carbocycles. The van der Waals surface area contributed by atoms with Crippen molar-refractivity contribution < 1.29 is 0 Å². The van der Waals surface area contributed by atoms with Gasteiger partial charge in [-0.05, 0) is 18.8 Å². The molecule has 1 aliphatic rings. The highest BCUT2D eigenvalue weighted by Crippen LogP contribution is 2.17. The monoisotopic (exact) mass is 240 g/mol. The quantitative estimate of drug-likeness (QED) is 0.299. The van der Waals surface area contributed by atoms with Crippen LogP contribution in [0.5, 0.6) is 0 Å². The molecular formula is C13H28N4. The van der Waals surface area contributed by atoms with E-state index in [4.69, 9.17) is 5.84 Å². The van der Waals surface area contributed by atoms with E-state index in [0.29, 0.717) is 12.0 Å². The van der Waals surface area contributed by atoms with Gasteiger partial charge in [0.25, 0.3) is 0 Å². The summed E-state index contributed by atoms with van der Waals surface area (Å²) in [6.45, 7) is 5.30. The van der Waals surface area contributed by atoms with E-state index in [1.54, 1.807) is 0 Å². The van der Waals surface area contributed by atoms with Crippen LogP contribution in [0.2, 0.25) is 0 Å². The van der Waals surface area contributed by atoms with Gasteiger partial charge < -0.3 is 5.32 Å². The fourth-order valence-electron chi connectivity index (χ4n) is 2.34. The third kappa shape index (κ3) is 5.39. The van der Waals surface area contributed by atoms with Gasteiger partial charge in [-0.1, -0.05) is 46.0 Å². The Morgan fingerprint density at radius 3 is 2.41 bits per heavy atom. The van der Waals surface area contributed by atoms with E-state index in [9.17, 15) is 0 Å². The van der Waals surface area contributed by atoms with Crippen LogP contribution in [0.4, 0.5) is 0 Å². The van der Waals surface area contributed by atoms with Crippen molar-refractivity contribution in [1.82, 2.24) is 10.7 Å². The molecule has 0 aromatic rings. The van der Waals surface area contributed by atoms with Crippen molar-refractivity contribution in [3.63, 3.8) is 0 Å². The van der Waals surface area contributed by atoms with E-state index in [2.05, 4.69) is 29.6 Å². The fourth-order valence-corrected chi connectivity index (χ4v) is 2.34. The first-order valence-corrected chi connectivity index (χ1v) is 7.07. The average molecular weight is 240 g/mol. The van der Waals surface area contributed by atoms with Gasteiger partial charge in [-0.25, -0.2) is 5.84 Å². The maximum absolute atomic E-state index is 5.52. The minimum absolute atomic E-state index is 0.556. The Labute approximate surface area is 105 Å². The summed E-state index contributed by atoms with van der Waals surface area (Å²) in [6.07, 6.45) is 8.86. The molecule has 1 rings (SSSR count). The SMILES string of the molecule is CCC(CC)CN=C(NN)NC1CCCCC1. The second-order valence-electron chi connectivity index (χ2n) is 5.00. The van der Waals surface area contributed by atoms with Crippen molar-refractivity contribution in [2.24, 2.45) is 16.8 Å². The van der Waals surface area contributed by atoms with E-state index in [1.165, 1.54) is 44.9 Å². The van der Waals surface area contributed by atoms with Gasteiger partial charge in [-0.3, -0.25) is 10.4 Å². The average Bonchev–Trinajstić information content (AvgIpc) is 2.39. The summed E-state index contributed by atoms with van der Waals surface area (Å²) >= 11 is 0. The summed E-state index contributed by atoms with van der Waals surface area (Å²) in [5, 5.41) is 3.42. The minimum Gasteiger partial charge on any atom is -0.353 e. The molecule has 1 fully saturated rings. The maximum Gasteiger partial charge on any atom is 0.205 e. The van der Waals surface area contributed by atoms with E-state index >= 15 is 0 Å². The summed E-state index contributed by atoms with van der Waals surface area (Å²) in [6, 6.07) is 0.556. The van der Waals surface area contributed by atoms with Crippen molar-refractivity contribution in [1.29, 1.82) is 0 Å². The zero-order valence-corrected chi connectivity index (χ0v) is 11.3. The molecule has 0 heterocycles. The number of hydrazine groups is 1. The third-order valence-corrected chi connectivity index (χ3v) is 3.75. The van der Waals surface area contributed by atoms with E-state index < -0.39 is 0 Å². The number of nitrogens with zero attached hydrogens (tertiary/aromatic N) is 1. The van der Waals surface area contributed by atoms with Crippen molar-refractivity contribution in [3.05, 3.63) is 0 Å². The van der Waals surface area contributed by atoms with Crippen LogP contribution in [-0.4, -0.2) is 18.5 Å². The fraction of sp³-hybridized carbons (Fsp3) is 0.923. The summed E-state index contributed by atoms with van der Waals surface area (Å²) in [5.74, 6) is 6.96. The maximum atomic E-state index is 5.52. The molecule has 4 nitrogen and oxygen atoms in total. The van der Waals surface area contributed by atoms with Gasteiger partial charge in [0.2, 0.25) is 5.96 Å². The predicted molar refractivity (Wildman–Crippen MR) is 73.7 cm³/mol. The number of hydrogen-bond acceptors (Lipinski definition) is 2. The molecule has 17 heavy (non-hydrogen) atoms. The lowest BCUT2D eigenvalue weighted by molar-refractivity contribution is 0.409. The second kappa shape index (κ2) is 8.34. The van der Waals surface area contributed by atoms with Crippen molar-refractivity contribution in [2.75, 3.05) is 6.54 Å². The zero-order chi connectivity index (χ0) is 12.5. The zero-order valence-electron chi connectivity index (χ0n) is 11.3. The lowest BCUT2D eigenvalue weighted by Gasteiger charge is -2.24. The van der Waals surface area contributed by atoms with Crippen molar-refractivity contribution in [2.45, 2.75) is 64.8 Å². The smallest absolute Gasteiger partial charge is 0.205 e. The first-order chi connectivity index (χ1) is 8.30. The number of rotatable bonds is 5. The van der Waals surface area contributed by atoms with Gasteiger partial charge >= 0.3 is 0 Å². The van der Waals surface area contributed by atoms with Gasteiger partial charge in [0.1, 0.15) is 0 Å². The Kier molecular flexibility index (Phi) is 7.01. The van der Waals surface area contributed by atoms with E-state index in [1.807, 2.05) is 0 Å². The molecule has 0 aromatic heterocycles. The summed E-state index contributed by atoms with van der Waals surface area (Å²) in [7, 11) is 0. The first-order valence-electron chi connectivity index (χ1n) is 7.07. The van der Waals surface area contributed by atoms with Crippen LogP contribution < -0.4 is 16.6 Å². The second-order valence-corrected chi connectivity index (χ2v) is 5.00. The van der Waals surface area contributed by atoms with Crippen molar-refractivity contribution in [3.8, 4) is 0 Å². The molecule has 0 atom stereocenters. The minimum atomic E-state index is 0.556. The Morgan fingerprint density at radius 1 is 1.24 bits per heavy atom. The highest BCUT2D eigenvalue weighted by atomic mass is 15.3. The first kappa shape index (κ1) is 14.3. The Hall–Kier alpha value is -0.770. The number of guanidine groups is 1. The number of nitrogens with two attached hydrogens (primary N) is 1. The van der Waals surface area contributed by atoms with Gasteiger partial charge in [0.15, 0.2) is 0 Å². The van der Waals surface area contributed by atoms with Gasteiger partial charge in [0, 0.05) is 12.6 Å². The molecule has 0 amide bonds. The molecule has 0 aromatic carbocycles. The van der Waals surface area contributed by atoms with Crippen LogP contribution in [0, 0.1) is 5.92 Å². The summed E-state index contributed by atoms with van der Waals surface area (Å²) < 4.78 is 0. The molecule has 0 radical (unpaired) electrons. The molecule has 0 spiro atoms. The van der Waals surface area contributed by atoms with Crippen LogP contribution >= 0.6 is 0 Å². The van der Waals surface area contributed by atoms with Crippen LogP contribution in [0.3, 0.4) is 0 Å². The van der Waals surface area contributed by atoms with Crippen LogP contribution in [0.15, 0.2) is 4.99 Å². The van der Waals surface area contributed by atoms with Gasteiger partial charge in [-0.15, -0.1) is 0 Å². The lowest BCUT2D eigenvalue weighted by Crippen LogP contribution is -2.47. The molecule has 4 heteroatoms. The normalized spacial score (nSPS) is 18.5. The number of nitrogens with one attached hydrogen (secondary N) is 2. The molecule has 0 unspecified atom stereocenters. The summed E-state index contributed by atoms with van der Waals surface area (Å²) in [4.78, 5) is 4.55. The highest BCUT2D eigenvalue weighted by molar-refractivity contribution is 5.79. The largest absolute Gasteiger partial charge is 0.353 e. The predicted octanol–water partition coefficient (Wildman–Crippen LogP) is 2.16.